The number of ether oxygens (including phenoxy) is 4. The van der Waals surface area contributed by atoms with Gasteiger partial charge in [0.25, 0.3) is 0 Å². The van der Waals surface area contributed by atoms with Crippen LogP contribution in [0.4, 0.5) is 0 Å². The Morgan fingerprint density at radius 3 is 0.950 bits per heavy atom. The highest BCUT2D eigenvalue weighted by Crippen LogP contribution is 2.65. The largest absolute Gasteiger partial charge is 0.486 e. The quantitative estimate of drug-likeness (QED) is 0.693. The van der Waals surface area contributed by atoms with Crippen LogP contribution in [0.5, 0.6) is 20.3 Å². The van der Waals surface area contributed by atoms with E-state index in [0.717, 1.165) is 39.8 Å². The molecule has 0 amide bonds. The number of hydrogen-bond donors (Lipinski definition) is 0. The van der Waals surface area contributed by atoms with Crippen LogP contribution in [0.15, 0.2) is 19.6 Å². The fourth-order valence-corrected chi connectivity index (χ4v) is 6.84. The van der Waals surface area contributed by atoms with Crippen molar-refractivity contribution >= 4 is 46.2 Å². The van der Waals surface area contributed by atoms with Gasteiger partial charge in [-0.1, -0.05) is 46.2 Å². The molecule has 3 rings (SSSR count). The summed E-state index contributed by atoms with van der Waals surface area (Å²) in [5, 5.41) is 3.47. The Kier molecular flexibility index (Phi) is 3.98. The first-order valence-corrected chi connectivity index (χ1v) is 8.85. The normalized spacial score (nSPS) is 12.6. The van der Waals surface area contributed by atoms with E-state index in [1.165, 1.54) is 22.7 Å². The molecule has 0 fully saturated rings. The molecule has 2 aromatic rings. The van der Waals surface area contributed by atoms with Gasteiger partial charge >= 0.3 is 0 Å². The van der Waals surface area contributed by atoms with Gasteiger partial charge in [-0.25, -0.2) is 0 Å². The molecular formula is C12H12O4S4. The van der Waals surface area contributed by atoms with Gasteiger partial charge < -0.3 is 18.9 Å². The van der Waals surface area contributed by atoms with E-state index in [1.807, 2.05) is 0 Å². The predicted molar refractivity (Wildman–Crippen MR) is 83.1 cm³/mol. The molecule has 0 aliphatic carbocycles. The van der Waals surface area contributed by atoms with Crippen molar-refractivity contribution < 1.29 is 18.9 Å². The first kappa shape index (κ1) is 14.2. The molecule has 0 radical (unpaired) electrons. The van der Waals surface area contributed by atoms with Gasteiger partial charge in [0.1, 0.15) is 0 Å². The van der Waals surface area contributed by atoms with E-state index in [2.05, 4.69) is 0 Å². The Hall–Kier alpha value is -0.700. The third-order valence-corrected chi connectivity index (χ3v) is 8.05. The van der Waals surface area contributed by atoms with Crippen LogP contribution in [-0.4, -0.2) is 28.4 Å². The van der Waals surface area contributed by atoms with Gasteiger partial charge in [0, 0.05) is 0 Å². The molecule has 0 atom stereocenters. The Bertz CT molecular complexity index is 541. The van der Waals surface area contributed by atoms with Gasteiger partial charge in [0.05, 0.1) is 48.0 Å². The van der Waals surface area contributed by atoms with Crippen molar-refractivity contribution in [3.63, 3.8) is 0 Å². The lowest BCUT2D eigenvalue weighted by molar-refractivity contribution is 0.408. The van der Waals surface area contributed by atoms with Gasteiger partial charge in [-0.2, -0.15) is 0 Å². The Balaban J connectivity index is 2.12. The maximum absolute atomic E-state index is 5.45. The van der Waals surface area contributed by atoms with Crippen LogP contribution in [-0.2, 0) is 0 Å². The van der Waals surface area contributed by atoms with E-state index in [-0.39, 0.29) is 0 Å². The van der Waals surface area contributed by atoms with Crippen molar-refractivity contribution in [1.29, 1.82) is 0 Å². The molecule has 4 nitrogen and oxygen atoms in total. The maximum Gasteiger partial charge on any atom is 0.192 e. The van der Waals surface area contributed by atoms with Crippen LogP contribution in [0.2, 0.25) is 0 Å². The summed E-state index contributed by atoms with van der Waals surface area (Å²) in [5.41, 5.74) is 0. The van der Waals surface area contributed by atoms with Crippen molar-refractivity contribution in [2.75, 3.05) is 28.4 Å². The molecule has 20 heavy (non-hydrogen) atoms. The van der Waals surface area contributed by atoms with Crippen molar-refractivity contribution in [2.45, 2.75) is 19.6 Å². The third kappa shape index (κ3) is 2.05. The van der Waals surface area contributed by atoms with Crippen LogP contribution in [0.25, 0.3) is 0 Å². The predicted octanol–water partition coefficient (Wildman–Crippen LogP) is 4.46. The second-order valence-electron chi connectivity index (χ2n) is 3.69. The number of hydrogen-bond acceptors (Lipinski definition) is 8. The average Bonchev–Trinajstić information content (AvgIpc) is 3.02. The highest BCUT2D eigenvalue weighted by atomic mass is 32.2. The first-order chi connectivity index (χ1) is 9.73. The smallest absolute Gasteiger partial charge is 0.192 e. The molecule has 108 valence electrons. The van der Waals surface area contributed by atoms with Crippen molar-refractivity contribution in [1.82, 2.24) is 0 Å². The van der Waals surface area contributed by atoms with Crippen LogP contribution < -0.4 is 18.9 Å². The van der Waals surface area contributed by atoms with Gasteiger partial charge in [-0.15, -0.1) is 0 Å². The number of thiophene rings is 2. The van der Waals surface area contributed by atoms with Crippen molar-refractivity contribution in [2.24, 2.45) is 0 Å². The molecule has 2 aromatic heterocycles. The van der Waals surface area contributed by atoms with Gasteiger partial charge in [0.15, 0.2) is 20.3 Å². The lowest BCUT2D eigenvalue weighted by Gasteiger charge is -2.14. The zero-order chi connectivity index (χ0) is 14.3. The monoisotopic (exact) mass is 348 g/mol. The summed E-state index contributed by atoms with van der Waals surface area (Å²) in [4.78, 5) is 4.35. The molecule has 0 saturated carbocycles. The van der Waals surface area contributed by atoms with E-state index in [9.17, 15) is 0 Å². The van der Waals surface area contributed by atoms with Gasteiger partial charge in [0.2, 0.25) is 0 Å². The summed E-state index contributed by atoms with van der Waals surface area (Å²) in [7, 11) is 6.71. The third-order valence-electron chi connectivity index (χ3n) is 2.67. The molecule has 0 saturated heterocycles. The molecule has 8 heteroatoms. The summed E-state index contributed by atoms with van der Waals surface area (Å²) in [6.07, 6.45) is 0. The molecule has 0 unspecified atom stereocenters. The molecule has 0 aromatic carbocycles. The Morgan fingerprint density at radius 1 is 0.500 bits per heavy atom. The van der Waals surface area contributed by atoms with Crippen molar-refractivity contribution in [3.8, 4) is 20.3 Å². The summed E-state index contributed by atoms with van der Waals surface area (Å²) < 4.78 is 21.8. The molecule has 1 aliphatic rings. The fourth-order valence-electron chi connectivity index (χ4n) is 1.82. The molecule has 3 heterocycles. The van der Waals surface area contributed by atoms with Gasteiger partial charge in [-0.3, -0.25) is 0 Å². The minimum absolute atomic E-state index is 0.868. The zero-order valence-electron chi connectivity index (χ0n) is 11.3. The molecule has 1 aliphatic heterocycles. The fraction of sp³-hybridized carbons (Fsp3) is 0.333. The lowest BCUT2D eigenvalue weighted by atomic mass is 10.6. The van der Waals surface area contributed by atoms with Gasteiger partial charge in [-0.05, 0) is 0 Å². The average molecular weight is 348 g/mol. The summed E-state index contributed by atoms with van der Waals surface area (Å²) in [6.45, 7) is 0. The minimum atomic E-state index is 0.868. The highest BCUT2D eigenvalue weighted by Gasteiger charge is 2.33. The van der Waals surface area contributed by atoms with Crippen molar-refractivity contribution in [3.05, 3.63) is 0 Å². The van der Waals surface area contributed by atoms with E-state index in [1.54, 1.807) is 52.0 Å². The summed E-state index contributed by atoms with van der Waals surface area (Å²) >= 11 is 6.32. The summed E-state index contributed by atoms with van der Waals surface area (Å²) in [5.74, 6) is 0. The van der Waals surface area contributed by atoms with Crippen LogP contribution >= 0.6 is 46.2 Å². The highest BCUT2D eigenvalue weighted by molar-refractivity contribution is 8.05. The minimum Gasteiger partial charge on any atom is -0.486 e. The Labute approximate surface area is 133 Å². The van der Waals surface area contributed by atoms with E-state index in [0.29, 0.717) is 0 Å². The second-order valence-corrected chi connectivity index (χ2v) is 7.62. The number of rotatable bonds is 4. The molecule has 0 bridgehead atoms. The standard InChI is InChI=1S/C12H12O4S4/c1-13-9-5-6(10(14-2)19-9)18-8-7(17-5)11(15-3)20-12(8)16-4/h1-4H3. The van der Waals surface area contributed by atoms with E-state index in [4.69, 9.17) is 18.9 Å². The summed E-state index contributed by atoms with van der Waals surface area (Å²) in [6, 6.07) is 0. The van der Waals surface area contributed by atoms with Crippen LogP contribution in [0, 0.1) is 0 Å². The topological polar surface area (TPSA) is 36.9 Å². The molecule has 0 N–H and O–H groups in total. The lowest BCUT2D eigenvalue weighted by Crippen LogP contribution is -1.91. The molecular weight excluding hydrogens is 336 g/mol. The number of fused-ring (bicyclic) bond motifs is 2. The van der Waals surface area contributed by atoms with Crippen LogP contribution in [0.3, 0.4) is 0 Å². The maximum atomic E-state index is 5.45. The van der Waals surface area contributed by atoms with E-state index >= 15 is 0 Å². The first-order valence-electron chi connectivity index (χ1n) is 5.58. The van der Waals surface area contributed by atoms with Crippen LogP contribution in [0.1, 0.15) is 0 Å². The zero-order valence-corrected chi connectivity index (χ0v) is 14.5. The SMILES string of the molecule is COc1sc(OC)c2c1Sc1c(OC)sc(OC)c1S2. The van der Waals surface area contributed by atoms with E-state index < -0.39 is 0 Å². The number of methoxy groups -OCH3 is 4. The second kappa shape index (κ2) is 5.59. The Morgan fingerprint density at radius 2 is 0.750 bits per heavy atom. The molecule has 0 spiro atoms.